The molecule has 0 spiro atoms. The third-order valence-corrected chi connectivity index (χ3v) is 3.17. The highest BCUT2D eigenvalue weighted by Gasteiger charge is 2.09. The fraction of sp³-hybridized carbons (Fsp3) is 0.333. The Morgan fingerprint density at radius 1 is 1.47 bits per heavy atom. The molecule has 0 radical (unpaired) electrons. The van der Waals surface area contributed by atoms with Crippen molar-refractivity contribution in [2.45, 2.75) is 11.8 Å². The van der Waals surface area contributed by atoms with E-state index < -0.39 is 10.0 Å². The topological polar surface area (TPSA) is 107 Å². The summed E-state index contributed by atoms with van der Waals surface area (Å²) in [6, 6.07) is 4.27. The summed E-state index contributed by atoms with van der Waals surface area (Å²) in [7, 11) is -3.73. The van der Waals surface area contributed by atoms with Gasteiger partial charge < -0.3 is 15.8 Å². The highest BCUT2D eigenvalue weighted by atomic mass is 32.2. The van der Waals surface area contributed by atoms with Crippen LogP contribution in [0.2, 0.25) is 0 Å². The Bertz CT molecular complexity index is 555. The normalized spacial score (nSPS) is 11.3. The standard InChI is InChI=1S/C12H19N3O3S/c1-9(2)8-18-6-5-15-12-7-10(19(14,16)17)3-4-11(12)13/h3-4,7,15H,1,5-6,8,13H2,2H3,(H2,14,16,17). The predicted molar refractivity (Wildman–Crippen MR) is 76.4 cm³/mol. The van der Waals surface area contributed by atoms with E-state index >= 15 is 0 Å². The van der Waals surface area contributed by atoms with Crippen molar-refractivity contribution in [1.82, 2.24) is 0 Å². The fourth-order valence-corrected chi connectivity index (χ4v) is 1.91. The van der Waals surface area contributed by atoms with Crippen LogP contribution in [0.1, 0.15) is 6.92 Å². The number of hydrogen-bond donors (Lipinski definition) is 3. The van der Waals surface area contributed by atoms with Crippen LogP contribution in [0.15, 0.2) is 35.2 Å². The first kappa shape index (κ1) is 15.5. The molecule has 0 aromatic heterocycles. The number of ether oxygens (including phenoxy) is 1. The minimum Gasteiger partial charge on any atom is -0.397 e. The smallest absolute Gasteiger partial charge is 0.238 e. The van der Waals surface area contributed by atoms with E-state index in [0.29, 0.717) is 31.1 Å². The highest BCUT2D eigenvalue weighted by Crippen LogP contribution is 2.21. The van der Waals surface area contributed by atoms with Crippen LogP contribution < -0.4 is 16.2 Å². The van der Waals surface area contributed by atoms with Crippen molar-refractivity contribution in [3.05, 3.63) is 30.4 Å². The van der Waals surface area contributed by atoms with Gasteiger partial charge in [0.1, 0.15) is 0 Å². The van der Waals surface area contributed by atoms with E-state index in [1.807, 2.05) is 6.92 Å². The number of nitrogen functional groups attached to an aromatic ring is 1. The van der Waals surface area contributed by atoms with Gasteiger partial charge in [0.2, 0.25) is 10.0 Å². The van der Waals surface area contributed by atoms with Crippen molar-refractivity contribution in [3.63, 3.8) is 0 Å². The van der Waals surface area contributed by atoms with Crippen molar-refractivity contribution in [1.29, 1.82) is 0 Å². The summed E-state index contributed by atoms with van der Waals surface area (Å²) in [4.78, 5) is 0.0204. The van der Waals surface area contributed by atoms with Crippen molar-refractivity contribution < 1.29 is 13.2 Å². The van der Waals surface area contributed by atoms with Crippen LogP contribution in [-0.4, -0.2) is 28.2 Å². The maximum Gasteiger partial charge on any atom is 0.238 e. The van der Waals surface area contributed by atoms with Gasteiger partial charge in [0.15, 0.2) is 0 Å². The number of nitrogens with two attached hydrogens (primary N) is 2. The SMILES string of the molecule is C=C(C)COCCNc1cc(S(N)(=O)=O)ccc1N. The van der Waals surface area contributed by atoms with Gasteiger partial charge in [-0.1, -0.05) is 12.2 Å². The minimum absolute atomic E-state index is 0.0204. The molecule has 5 N–H and O–H groups in total. The summed E-state index contributed by atoms with van der Waals surface area (Å²) < 4.78 is 27.8. The molecule has 6 nitrogen and oxygen atoms in total. The van der Waals surface area contributed by atoms with E-state index in [2.05, 4.69) is 11.9 Å². The lowest BCUT2D eigenvalue weighted by atomic mass is 10.2. The first-order valence-corrected chi connectivity index (χ1v) is 7.23. The Balaban J connectivity index is 2.60. The zero-order chi connectivity index (χ0) is 14.5. The summed E-state index contributed by atoms with van der Waals surface area (Å²) in [6.45, 7) is 7.06. The molecule has 0 fully saturated rings. The average Bonchev–Trinajstić information content (AvgIpc) is 2.29. The molecule has 1 rings (SSSR count). The third-order valence-electron chi connectivity index (χ3n) is 2.26. The Kier molecular flexibility index (Phi) is 5.34. The summed E-state index contributed by atoms with van der Waals surface area (Å²) in [6.07, 6.45) is 0. The molecule has 1 aromatic carbocycles. The van der Waals surface area contributed by atoms with Crippen molar-refractivity contribution in [2.24, 2.45) is 5.14 Å². The Morgan fingerprint density at radius 3 is 2.74 bits per heavy atom. The molecular weight excluding hydrogens is 266 g/mol. The second-order valence-electron chi connectivity index (χ2n) is 4.23. The summed E-state index contributed by atoms with van der Waals surface area (Å²) in [5.74, 6) is 0. The van der Waals surface area contributed by atoms with Crippen molar-refractivity contribution >= 4 is 21.4 Å². The molecule has 0 bridgehead atoms. The second-order valence-corrected chi connectivity index (χ2v) is 5.79. The second kappa shape index (κ2) is 6.55. The Hall–Kier alpha value is -1.57. The maximum atomic E-state index is 11.2. The summed E-state index contributed by atoms with van der Waals surface area (Å²) in [5, 5.41) is 8.05. The van der Waals surface area contributed by atoms with Crippen LogP contribution in [0.25, 0.3) is 0 Å². The third kappa shape index (κ3) is 5.29. The lowest BCUT2D eigenvalue weighted by Gasteiger charge is -2.11. The van der Waals surface area contributed by atoms with Gasteiger partial charge in [-0.2, -0.15) is 0 Å². The van der Waals surface area contributed by atoms with Gasteiger partial charge in [-0.05, 0) is 25.1 Å². The van der Waals surface area contributed by atoms with Crippen LogP contribution in [0.4, 0.5) is 11.4 Å². The molecule has 0 aliphatic carbocycles. The van der Waals surface area contributed by atoms with Gasteiger partial charge in [-0.3, -0.25) is 0 Å². The Morgan fingerprint density at radius 2 is 2.16 bits per heavy atom. The monoisotopic (exact) mass is 285 g/mol. The van der Waals surface area contributed by atoms with Gasteiger partial charge in [-0.15, -0.1) is 0 Å². The highest BCUT2D eigenvalue weighted by molar-refractivity contribution is 7.89. The molecular formula is C12H19N3O3S. The molecule has 0 unspecified atom stereocenters. The molecule has 1 aromatic rings. The van der Waals surface area contributed by atoms with Crippen molar-refractivity contribution in [3.8, 4) is 0 Å². The maximum absolute atomic E-state index is 11.2. The molecule has 0 aliphatic rings. The zero-order valence-corrected chi connectivity index (χ0v) is 11.7. The minimum atomic E-state index is -3.73. The van der Waals surface area contributed by atoms with Gasteiger partial charge in [0, 0.05) is 6.54 Å². The molecule has 0 amide bonds. The summed E-state index contributed by atoms with van der Waals surface area (Å²) >= 11 is 0. The first-order chi connectivity index (χ1) is 8.80. The lowest BCUT2D eigenvalue weighted by Crippen LogP contribution is -2.14. The van der Waals surface area contributed by atoms with Crippen LogP contribution in [0.3, 0.4) is 0 Å². The van der Waals surface area contributed by atoms with Crippen LogP contribution in [0, 0.1) is 0 Å². The average molecular weight is 285 g/mol. The fourth-order valence-electron chi connectivity index (χ4n) is 1.37. The van der Waals surface area contributed by atoms with E-state index in [-0.39, 0.29) is 4.90 Å². The first-order valence-electron chi connectivity index (χ1n) is 5.69. The number of rotatable bonds is 7. The number of primary sulfonamides is 1. The van der Waals surface area contributed by atoms with Crippen LogP contribution in [0.5, 0.6) is 0 Å². The quantitative estimate of drug-likeness (QED) is 0.392. The number of anilines is 2. The van der Waals surface area contributed by atoms with Crippen LogP contribution >= 0.6 is 0 Å². The molecule has 0 saturated carbocycles. The zero-order valence-electron chi connectivity index (χ0n) is 10.8. The van der Waals surface area contributed by atoms with Gasteiger partial charge in [-0.25, -0.2) is 13.6 Å². The number of nitrogens with one attached hydrogen (secondary N) is 1. The Labute approximate surface area is 113 Å². The molecule has 19 heavy (non-hydrogen) atoms. The molecule has 0 atom stereocenters. The number of benzene rings is 1. The van der Waals surface area contributed by atoms with Crippen LogP contribution in [-0.2, 0) is 14.8 Å². The lowest BCUT2D eigenvalue weighted by molar-refractivity contribution is 0.167. The molecule has 0 aliphatic heterocycles. The molecule has 0 heterocycles. The van der Waals surface area contributed by atoms with E-state index in [1.165, 1.54) is 18.2 Å². The van der Waals surface area contributed by atoms with E-state index in [9.17, 15) is 8.42 Å². The van der Waals surface area contributed by atoms with E-state index in [4.69, 9.17) is 15.6 Å². The number of sulfonamides is 1. The predicted octanol–water partition coefficient (Wildman–Crippen LogP) is 0.921. The largest absolute Gasteiger partial charge is 0.397 e. The molecule has 106 valence electrons. The van der Waals surface area contributed by atoms with E-state index in [1.54, 1.807) is 0 Å². The molecule has 0 saturated heterocycles. The summed E-state index contributed by atoms with van der Waals surface area (Å²) in [5.41, 5.74) is 7.65. The van der Waals surface area contributed by atoms with Crippen molar-refractivity contribution in [2.75, 3.05) is 30.8 Å². The van der Waals surface area contributed by atoms with Gasteiger partial charge in [0.25, 0.3) is 0 Å². The van der Waals surface area contributed by atoms with Gasteiger partial charge >= 0.3 is 0 Å². The molecule has 7 heteroatoms. The van der Waals surface area contributed by atoms with Gasteiger partial charge in [0.05, 0.1) is 29.5 Å². The number of hydrogen-bond acceptors (Lipinski definition) is 5. The van der Waals surface area contributed by atoms with E-state index in [0.717, 1.165) is 5.57 Å².